The van der Waals surface area contributed by atoms with Gasteiger partial charge in [0.05, 0.1) is 0 Å². The molecule has 0 heterocycles. The number of hydrogen-bond donors (Lipinski definition) is 1. The summed E-state index contributed by atoms with van der Waals surface area (Å²) >= 11 is 0. The number of nitrogens with two attached hydrogens (primary N) is 1. The molecule has 0 amide bonds. The molecule has 2 N–H and O–H groups in total. The van der Waals surface area contributed by atoms with Gasteiger partial charge in [0.25, 0.3) is 0 Å². The van der Waals surface area contributed by atoms with Gasteiger partial charge in [0.1, 0.15) is 0 Å². The Morgan fingerprint density at radius 2 is 1.25 bits per heavy atom. The summed E-state index contributed by atoms with van der Waals surface area (Å²) in [6.07, 6.45) is 8.57. The Labute approximate surface area is 98.2 Å². The Morgan fingerprint density at radius 1 is 0.917 bits per heavy atom. The van der Waals surface area contributed by atoms with E-state index in [1.165, 1.54) is 38.5 Å². The average molecular weight is 175 g/mol. The Balaban J connectivity index is 0.000000422. The quantitative estimate of drug-likeness (QED) is 0.471. The summed E-state index contributed by atoms with van der Waals surface area (Å²) < 4.78 is 0. The van der Waals surface area contributed by atoms with Crippen LogP contribution in [0.15, 0.2) is 0 Å². The van der Waals surface area contributed by atoms with Gasteiger partial charge in [-0.3, -0.25) is 0 Å². The van der Waals surface area contributed by atoms with Crippen LogP contribution in [0.25, 0.3) is 0 Å². The predicted molar refractivity (Wildman–Crippen MR) is 46.2 cm³/mol. The summed E-state index contributed by atoms with van der Waals surface area (Å²) in [7, 11) is 0. The summed E-state index contributed by atoms with van der Waals surface area (Å²) in [5.74, 6) is 3.06. The minimum absolute atomic E-state index is 0. The molecular weight excluding hydrogens is 157 g/mol. The molecule has 4 bridgehead atoms. The van der Waals surface area contributed by atoms with Crippen LogP contribution in [0.1, 0.15) is 40.0 Å². The predicted octanol–water partition coefficient (Wildman–Crippen LogP) is -0.970. The zero-order chi connectivity index (χ0) is 7.47. The van der Waals surface area contributed by atoms with Gasteiger partial charge in [-0.25, -0.2) is 0 Å². The molecule has 0 radical (unpaired) electrons. The fourth-order valence-corrected chi connectivity index (χ4v) is 4.18. The van der Waals surface area contributed by atoms with Gasteiger partial charge < -0.3 is 7.16 Å². The molecule has 0 atom stereocenters. The number of hydrogen-bond acceptors (Lipinski definition) is 1. The second-order valence-electron chi connectivity index (χ2n) is 5.28. The van der Waals surface area contributed by atoms with Gasteiger partial charge in [-0.15, -0.1) is 0 Å². The second-order valence-corrected chi connectivity index (χ2v) is 5.28. The van der Waals surface area contributed by atoms with Crippen molar-refractivity contribution in [1.29, 1.82) is 0 Å². The van der Waals surface area contributed by atoms with Crippen molar-refractivity contribution in [2.45, 2.75) is 44.1 Å². The molecule has 4 saturated carbocycles. The molecule has 0 spiro atoms. The van der Waals surface area contributed by atoms with Crippen LogP contribution < -0.4 is 35.3 Å². The third kappa shape index (κ3) is 1.39. The Hall–Kier alpha value is 0.960. The molecule has 1 nitrogen and oxygen atoms in total. The van der Waals surface area contributed by atoms with Crippen molar-refractivity contribution < 1.29 is 31.0 Å². The van der Waals surface area contributed by atoms with Gasteiger partial charge in [0, 0.05) is 5.54 Å². The molecule has 2 heteroatoms. The van der Waals surface area contributed by atoms with Gasteiger partial charge >= 0.3 is 29.6 Å². The molecular formula is C10H18NNa. The molecule has 12 heavy (non-hydrogen) atoms. The van der Waals surface area contributed by atoms with Crippen molar-refractivity contribution in [3.8, 4) is 0 Å². The SMILES string of the molecule is NC12CC3CC(CC(C3)C1)C2.[H-].[Na+]. The van der Waals surface area contributed by atoms with E-state index in [1.807, 2.05) is 0 Å². The van der Waals surface area contributed by atoms with Crippen LogP contribution in [-0.2, 0) is 0 Å². The first-order valence-electron chi connectivity index (χ1n) is 5.02. The third-order valence-electron chi connectivity index (χ3n) is 4.09. The van der Waals surface area contributed by atoms with Crippen LogP contribution in [0, 0.1) is 17.8 Å². The summed E-state index contributed by atoms with van der Waals surface area (Å²) in [6, 6.07) is 0. The molecule has 4 aliphatic carbocycles. The van der Waals surface area contributed by atoms with Crippen LogP contribution >= 0.6 is 0 Å². The van der Waals surface area contributed by atoms with E-state index >= 15 is 0 Å². The van der Waals surface area contributed by atoms with Gasteiger partial charge in [-0.1, -0.05) is 0 Å². The monoisotopic (exact) mass is 175 g/mol. The van der Waals surface area contributed by atoms with Crippen LogP contribution in [0.3, 0.4) is 0 Å². The Kier molecular flexibility index (Phi) is 2.36. The van der Waals surface area contributed by atoms with Crippen molar-refractivity contribution in [3.63, 3.8) is 0 Å². The van der Waals surface area contributed by atoms with Crippen molar-refractivity contribution >= 4 is 0 Å². The molecule has 4 aliphatic rings. The van der Waals surface area contributed by atoms with E-state index in [2.05, 4.69) is 0 Å². The molecule has 0 aliphatic heterocycles. The molecule has 0 aromatic heterocycles. The zero-order valence-corrected chi connectivity index (χ0v) is 10.1. The smallest absolute Gasteiger partial charge is 1.00 e. The molecule has 0 saturated heterocycles. The summed E-state index contributed by atoms with van der Waals surface area (Å²) in [4.78, 5) is 0. The molecule has 4 fully saturated rings. The van der Waals surface area contributed by atoms with E-state index in [0.29, 0.717) is 5.54 Å². The van der Waals surface area contributed by atoms with Crippen LogP contribution in [0.5, 0.6) is 0 Å². The molecule has 0 aromatic carbocycles. The molecule has 0 unspecified atom stereocenters. The standard InChI is InChI=1S/C10H17N.Na.H/c11-10-4-7-1-8(5-10)3-9(2-7)6-10;;/h7-9H,1-6,11H2;;/q;+1;-1. The average Bonchev–Trinajstić information content (AvgIpc) is 1.79. The Bertz CT molecular complexity index is 160. The maximum absolute atomic E-state index is 6.32. The van der Waals surface area contributed by atoms with Crippen molar-refractivity contribution in [1.82, 2.24) is 0 Å². The minimum Gasteiger partial charge on any atom is -1.00 e. The Morgan fingerprint density at radius 3 is 1.50 bits per heavy atom. The van der Waals surface area contributed by atoms with Crippen LogP contribution in [-0.4, -0.2) is 5.54 Å². The second kappa shape index (κ2) is 2.98. The van der Waals surface area contributed by atoms with Crippen LogP contribution in [0.4, 0.5) is 0 Å². The topological polar surface area (TPSA) is 26.0 Å². The fourth-order valence-electron chi connectivity index (χ4n) is 4.18. The van der Waals surface area contributed by atoms with Gasteiger partial charge in [-0.2, -0.15) is 0 Å². The van der Waals surface area contributed by atoms with E-state index in [4.69, 9.17) is 5.73 Å². The van der Waals surface area contributed by atoms with Crippen molar-refractivity contribution in [2.24, 2.45) is 23.5 Å². The first-order valence-corrected chi connectivity index (χ1v) is 5.02. The van der Waals surface area contributed by atoms with Crippen molar-refractivity contribution in [2.75, 3.05) is 0 Å². The van der Waals surface area contributed by atoms with E-state index in [0.717, 1.165) is 17.8 Å². The summed E-state index contributed by atoms with van der Waals surface area (Å²) in [5, 5.41) is 0. The largest absolute Gasteiger partial charge is 1.00 e. The van der Waals surface area contributed by atoms with E-state index in [1.54, 1.807) is 0 Å². The maximum Gasteiger partial charge on any atom is 1.00 e. The maximum atomic E-state index is 6.32. The molecule has 0 aromatic rings. The fraction of sp³-hybridized carbons (Fsp3) is 1.00. The van der Waals surface area contributed by atoms with E-state index in [9.17, 15) is 0 Å². The summed E-state index contributed by atoms with van der Waals surface area (Å²) in [5.41, 5.74) is 6.62. The zero-order valence-electron chi connectivity index (χ0n) is 9.05. The van der Waals surface area contributed by atoms with E-state index in [-0.39, 0.29) is 31.0 Å². The van der Waals surface area contributed by atoms with E-state index < -0.39 is 0 Å². The van der Waals surface area contributed by atoms with Gasteiger partial charge in [0.15, 0.2) is 0 Å². The summed E-state index contributed by atoms with van der Waals surface area (Å²) in [6.45, 7) is 0. The first-order chi connectivity index (χ1) is 5.23. The third-order valence-corrected chi connectivity index (χ3v) is 4.09. The normalized spacial score (nSPS) is 55.2. The molecule has 4 rings (SSSR count). The van der Waals surface area contributed by atoms with Gasteiger partial charge in [-0.05, 0) is 56.3 Å². The first kappa shape index (κ1) is 9.51. The van der Waals surface area contributed by atoms with Crippen LogP contribution in [0.2, 0.25) is 0 Å². The number of rotatable bonds is 0. The minimum atomic E-state index is 0. The van der Waals surface area contributed by atoms with Crippen molar-refractivity contribution in [3.05, 3.63) is 0 Å². The van der Waals surface area contributed by atoms with Gasteiger partial charge in [0.2, 0.25) is 0 Å². The molecule has 64 valence electrons.